The molecule has 7 heteroatoms. The molecule has 0 fully saturated rings. The van der Waals surface area contributed by atoms with E-state index < -0.39 is 0 Å². The Balaban J connectivity index is 1.88. The summed E-state index contributed by atoms with van der Waals surface area (Å²) in [4.78, 5) is 12.1. The second-order valence-corrected chi connectivity index (χ2v) is 6.09. The monoisotopic (exact) mass is 378 g/mol. The Hall–Kier alpha value is -2.60. The van der Waals surface area contributed by atoms with Gasteiger partial charge in [-0.05, 0) is 31.0 Å². The Kier molecular flexibility index (Phi) is 6.97. The molecule has 0 bridgehead atoms. The van der Waals surface area contributed by atoms with Crippen molar-refractivity contribution in [3.05, 3.63) is 46.5 Å². The summed E-state index contributed by atoms with van der Waals surface area (Å²) in [5.41, 5.74) is 2.64. The number of urea groups is 1. The molecule has 2 rings (SSSR count). The van der Waals surface area contributed by atoms with E-state index in [-0.39, 0.29) is 6.03 Å². The maximum atomic E-state index is 12.1. The Bertz CT molecular complexity index is 780. The fraction of sp³-hybridized carbons (Fsp3) is 0.316. The van der Waals surface area contributed by atoms with Crippen LogP contribution in [0.3, 0.4) is 0 Å². The third-order valence-corrected chi connectivity index (χ3v) is 4.01. The highest BCUT2D eigenvalue weighted by molar-refractivity contribution is 6.32. The van der Waals surface area contributed by atoms with Gasteiger partial charge < -0.3 is 24.8 Å². The van der Waals surface area contributed by atoms with Crippen molar-refractivity contribution in [1.82, 2.24) is 5.32 Å². The summed E-state index contributed by atoms with van der Waals surface area (Å²) < 4.78 is 16.1. The summed E-state index contributed by atoms with van der Waals surface area (Å²) in [6.07, 6.45) is 0. The molecular weight excluding hydrogens is 356 g/mol. The number of anilines is 1. The number of hydrogen-bond donors (Lipinski definition) is 2. The minimum atomic E-state index is -0.378. The molecule has 0 spiro atoms. The van der Waals surface area contributed by atoms with Gasteiger partial charge in [0.05, 0.1) is 31.5 Å². The number of hydrogen-bond acceptors (Lipinski definition) is 4. The lowest BCUT2D eigenvalue weighted by atomic mass is 10.1. The Labute approximate surface area is 158 Å². The van der Waals surface area contributed by atoms with Gasteiger partial charge >= 0.3 is 6.03 Å². The van der Waals surface area contributed by atoms with Gasteiger partial charge in [0.1, 0.15) is 23.9 Å². The van der Waals surface area contributed by atoms with E-state index >= 15 is 0 Å². The molecule has 6 nitrogen and oxygen atoms in total. The summed E-state index contributed by atoms with van der Waals surface area (Å²) in [6, 6.07) is 8.82. The number of halogens is 1. The quantitative estimate of drug-likeness (QED) is 0.709. The fourth-order valence-corrected chi connectivity index (χ4v) is 2.54. The number of carbonyl (C=O) groups is 1. The molecule has 0 unspecified atom stereocenters. The van der Waals surface area contributed by atoms with Crippen molar-refractivity contribution in [1.29, 1.82) is 0 Å². The second kappa shape index (κ2) is 9.20. The fourth-order valence-electron chi connectivity index (χ4n) is 2.31. The number of benzene rings is 2. The number of ether oxygens (including phenoxy) is 3. The number of aryl methyl sites for hydroxylation is 2. The smallest absolute Gasteiger partial charge is 0.319 e. The number of rotatable bonds is 7. The molecule has 0 aliphatic carbocycles. The molecule has 2 N–H and O–H groups in total. The Morgan fingerprint density at radius 3 is 2.46 bits per heavy atom. The summed E-state index contributed by atoms with van der Waals surface area (Å²) in [6.45, 7) is 4.70. The molecule has 2 aromatic carbocycles. The van der Waals surface area contributed by atoms with Gasteiger partial charge in [-0.2, -0.15) is 0 Å². The second-order valence-electron chi connectivity index (χ2n) is 5.69. The van der Waals surface area contributed by atoms with Gasteiger partial charge in [-0.15, -0.1) is 0 Å². The van der Waals surface area contributed by atoms with Gasteiger partial charge in [-0.3, -0.25) is 0 Å². The van der Waals surface area contributed by atoms with Crippen LogP contribution in [-0.2, 0) is 0 Å². The zero-order valence-electron chi connectivity index (χ0n) is 15.3. The number of methoxy groups -OCH3 is 2. The maximum Gasteiger partial charge on any atom is 0.319 e. The molecular formula is C19H23ClN2O4. The van der Waals surface area contributed by atoms with E-state index in [9.17, 15) is 4.79 Å². The molecule has 0 atom stereocenters. The lowest BCUT2D eigenvalue weighted by Gasteiger charge is -2.14. The van der Waals surface area contributed by atoms with Gasteiger partial charge in [0.2, 0.25) is 0 Å². The average Bonchev–Trinajstić information content (AvgIpc) is 2.62. The standard InChI is InChI=1S/C19H23ClN2O4/c1-12-5-6-13(2)16(9-12)26-8-7-21-19(23)22-15-11-17(24-3)14(20)10-18(15)25-4/h5-6,9-11H,7-8H2,1-4H3,(H2,21,22,23). The zero-order valence-corrected chi connectivity index (χ0v) is 16.1. The molecule has 0 aliphatic heterocycles. The van der Waals surface area contributed by atoms with Crippen molar-refractivity contribution in [3.8, 4) is 17.2 Å². The predicted molar refractivity (Wildman–Crippen MR) is 103 cm³/mol. The van der Waals surface area contributed by atoms with E-state index in [1.807, 2.05) is 32.0 Å². The van der Waals surface area contributed by atoms with Crippen LogP contribution in [0.25, 0.3) is 0 Å². The molecule has 26 heavy (non-hydrogen) atoms. The Morgan fingerprint density at radius 1 is 1.04 bits per heavy atom. The van der Waals surface area contributed by atoms with Gasteiger partial charge in [0.25, 0.3) is 0 Å². The van der Waals surface area contributed by atoms with Crippen LogP contribution in [0.1, 0.15) is 11.1 Å². The largest absolute Gasteiger partial charge is 0.495 e. The van der Waals surface area contributed by atoms with Crippen molar-refractivity contribution in [2.75, 3.05) is 32.7 Å². The molecule has 0 saturated heterocycles. The van der Waals surface area contributed by atoms with Crippen LogP contribution < -0.4 is 24.8 Å². The van der Waals surface area contributed by atoms with Crippen molar-refractivity contribution >= 4 is 23.3 Å². The van der Waals surface area contributed by atoms with Gasteiger partial charge in [-0.25, -0.2) is 4.79 Å². The van der Waals surface area contributed by atoms with E-state index in [1.54, 1.807) is 12.1 Å². The predicted octanol–water partition coefficient (Wildman–Crippen LogP) is 4.17. The first-order valence-electron chi connectivity index (χ1n) is 8.11. The molecule has 2 amide bonds. The van der Waals surface area contributed by atoms with E-state index in [0.29, 0.717) is 35.4 Å². The molecule has 2 aromatic rings. The lowest BCUT2D eigenvalue weighted by Crippen LogP contribution is -2.32. The first kappa shape index (κ1) is 19.7. The molecule has 0 aliphatic rings. The van der Waals surface area contributed by atoms with Crippen LogP contribution >= 0.6 is 11.6 Å². The summed E-state index contributed by atoms with van der Waals surface area (Å²) >= 11 is 6.05. The first-order chi connectivity index (χ1) is 12.4. The highest BCUT2D eigenvalue weighted by Crippen LogP contribution is 2.35. The molecule has 0 radical (unpaired) electrons. The number of amides is 2. The topological polar surface area (TPSA) is 68.8 Å². The average molecular weight is 379 g/mol. The van der Waals surface area contributed by atoms with E-state index in [0.717, 1.165) is 16.9 Å². The highest BCUT2D eigenvalue weighted by atomic mass is 35.5. The zero-order chi connectivity index (χ0) is 19.1. The van der Waals surface area contributed by atoms with Crippen LogP contribution in [0.15, 0.2) is 30.3 Å². The van der Waals surface area contributed by atoms with Crippen molar-refractivity contribution < 1.29 is 19.0 Å². The minimum absolute atomic E-state index is 0.353. The van der Waals surface area contributed by atoms with Crippen molar-refractivity contribution in [3.63, 3.8) is 0 Å². The van der Waals surface area contributed by atoms with Crippen LogP contribution in [0, 0.1) is 13.8 Å². The molecule has 140 valence electrons. The third kappa shape index (κ3) is 5.20. The molecule has 0 saturated carbocycles. The van der Waals surface area contributed by atoms with E-state index in [4.69, 9.17) is 25.8 Å². The van der Waals surface area contributed by atoms with Crippen LogP contribution in [0.2, 0.25) is 5.02 Å². The summed E-state index contributed by atoms with van der Waals surface area (Å²) in [5, 5.41) is 5.85. The van der Waals surface area contributed by atoms with Crippen LogP contribution in [0.5, 0.6) is 17.2 Å². The van der Waals surface area contributed by atoms with E-state index in [1.165, 1.54) is 14.2 Å². The van der Waals surface area contributed by atoms with Crippen LogP contribution in [0.4, 0.5) is 10.5 Å². The SMILES string of the molecule is COc1cc(NC(=O)NCCOc2cc(C)ccc2C)c(OC)cc1Cl. The summed E-state index contributed by atoms with van der Waals surface area (Å²) in [5.74, 6) is 1.70. The van der Waals surface area contributed by atoms with Gasteiger partial charge in [0, 0.05) is 12.1 Å². The lowest BCUT2D eigenvalue weighted by molar-refractivity contribution is 0.247. The van der Waals surface area contributed by atoms with Gasteiger partial charge in [0.15, 0.2) is 0 Å². The normalized spacial score (nSPS) is 10.2. The molecule has 0 heterocycles. The van der Waals surface area contributed by atoms with E-state index in [2.05, 4.69) is 10.6 Å². The maximum absolute atomic E-state index is 12.1. The van der Waals surface area contributed by atoms with Crippen molar-refractivity contribution in [2.24, 2.45) is 0 Å². The number of carbonyl (C=O) groups excluding carboxylic acids is 1. The highest BCUT2D eigenvalue weighted by Gasteiger charge is 2.12. The van der Waals surface area contributed by atoms with Crippen LogP contribution in [-0.4, -0.2) is 33.4 Å². The third-order valence-electron chi connectivity index (χ3n) is 3.71. The van der Waals surface area contributed by atoms with Gasteiger partial charge in [-0.1, -0.05) is 23.7 Å². The Morgan fingerprint density at radius 2 is 1.77 bits per heavy atom. The minimum Gasteiger partial charge on any atom is -0.495 e. The first-order valence-corrected chi connectivity index (χ1v) is 8.48. The molecule has 0 aromatic heterocycles. The number of nitrogens with one attached hydrogen (secondary N) is 2. The van der Waals surface area contributed by atoms with Crippen molar-refractivity contribution in [2.45, 2.75) is 13.8 Å². The summed E-state index contributed by atoms with van der Waals surface area (Å²) in [7, 11) is 3.00.